The van der Waals surface area contributed by atoms with E-state index in [9.17, 15) is 0 Å². The minimum Gasteiger partial charge on any atom is -0.490 e. The molecular formula is C16H23N3O3. The molecule has 0 radical (unpaired) electrons. The molecular weight excluding hydrogens is 282 g/mol. The van der Waals surface area contributed by atoms with Crippen molar-refractivity contribution in [2.45, 2.75) is 26.9 Å². The van der Waals surface area contributed by atoms with Crippen LogP contribution in [-0.4, -0.2) is 34.7 Å². The summed E-state index contributed by atoms with van der Waals surface area (Å²) in [5.41, 5.74) is 2.02. The van der Waals surface area contributed by atoms with E-state index in [1.54, 1.807) is 10.9 Å². The maximum Gasteiger partial charge on any atom is 0.161 e. The molecule has 0 amide bonds. The number of aliphatic hydroxyl groups is 1. The number of ether oxygens (including phenoxy) is 2. The van der Waals surface area contributed by atoms with E-state index in [2.05, 4.69) is 10.4 Å². The Balaban J connectivity index is 2.00. The minimum absolute atomic E-state index is 0.0811. The van der Waals surface area contributed by atoms with Gasteiger partial charge in [0, 0.05) is 12.7 Å². The molecule has 0 unspecified atom stereocenters. The molecule has 120 valence electrons. The Morgan fingerprint density at radius 3 is 2.68 bits per heavy atom. The van der Waals surface area contributed by atoms with Gasteiger partial charge in [0.1, 0.15) is 0 Å². The monoisotopic (exact) mass is 305 g/mol. The van der Waals surface area contributed by atoms with Gasteiger partial charge in [-0.25, -0.2) is 0 Å². The number of rotatable bonds is 9. The average Bonchev–Trinajstić information content (AvgIpc) is 2.96. The molecule has 1 heterocycles. The highest BCUT2D eigenvalue weighted by Gasteiger charge is 2.06. The maximum absolute atomic E-state index is 8.88. The summed E-state index contributed by atoms with van der Waals surface area (Å²) in [4.78, 5) is 0. The van der Waals surface area contributed by atoms with Gasteiger partial charge in [-0.15, -0.1) is 0 Å². The van der Waals surface area contributed by atoms with Gasteiger partial charge in [0.05, 0.1) is 38.2 Å². The molecule has 0 fully saturated rings. The second-order valence-electron chi connectivity index (χ2n) is 4.72. The van der Waals surface area contributed by atoms with Crippen LogP contribution >= 0.6 is 0 Å². The van der Waals surface area contributed by atoms with E-state index in [4.69, 9.17) is 14.6 Å². The molecule has 0 saturated heterocycles. The molecule has 2 rings (SSSR count). The van der Waals surface area contributed by atoms with E-state index < -0.39 is 0 Å². The predicted octanol–water partition coefficient (Wildman–Crippen LogP) is 2.28. The Kier molecular flexibility index (Phi) is 6.09. The Hall–Kier alpha value is -2.21. The molecule has 0 aliphatic rings. The van der Waals surface area contributed by atoms with Crippen LogP contribution in [0, 0.1) is 0 Å². The highest BCUT2D eigenvalue weighted by Crippen LogP contribution is 2.28. The maximum atomic E-state index is 8.88. The number of benzene rings is 1. The van der Waals surface area contributed by atoms with Crippen molar-refractivity contribution in [3.8, 4) is 11.5 Å². The van der Waals surface area contributed by atoms with Gasteiger partial charge >= 0.3 is 0 Å². The van der Waals surface area contributed by atoms with Crippen molar-refractivity contribution in [2.75, 3.05) is 25.1 Å². The predicted molar refractivity (Wildman–Crippen MR) is 85.4 cm³/mol. The molecule has 1 aromatic heterocycles. The van der Waals surface area contributed by atoms with Crippen molar-refractivity contribution in [3.63, 3.8) is 0 Å². The standard InChI is InChI=1S/C16H23N3O3/c1-3-21-15-6-5-13(9-16(15)22-4-2)10-17-14-11-18-19(12-14)7-8-20/h5-6,9,11-12,17,20H,3-4,7-8,10H2,1-2H3. The average molecular weight is 305 g/mol. The van der Waals surface area contributed by atoms with Crippen molar-refractivity contribution in [1.29, 1.82) is 0 Å². The van der Waals surface area contributed by atoms with Crippen LogP contribution in [0.25, 0.3) is 0 Å². The van der Waals surface area contributed by atoms with Crippen LogP contribution in [0.4, 0.5) is 5.69 Å². The third kappa shape index (κ3) is 4.39. The molecule has 0 saturated carbocycles. The van der Waals surface area contributed by atoms with E-state index in [0.717, 1.165) is 22.7 Å². The largest absolute Gasteiger partial charge is 0.490 e. The van der Waals surface area contributed by atoms with Gasteiger partial charge in [-0.1, -0.05) is 6.07 Å². The summed E-state index contributed by atoms with van der Waals surface area (Å²) < 4.78 is 12.9. The Morgan fingerprint density at radius 1 is 1.18 bits per heavy atom. The molecule has 1 aromatic carbocycles. The molecule has 2 N–H and O–H groups in total. The summed E-state index contributed by atoms with van der Waals surface area (Å²) in [5, 5.41) is 16.3. The molecule has 2 aromatic rings. The number of hydrogen-bond acceptors (Lipinski definition) is 5. The van der Waals surface area contributed by atoms with Crippen LogP contribution in [0.15, 0.2) is 30.6 Å². The van der Waals surface area contributed by atoms with Crippen molar-refractivity contribution in [2.24, 2.45) is 0 Å². The van der Waals surface area contributed by atoms with Gasteiger partial charge in [-0.2, -0.15) is 5.10 Å². The number of aromatic nitrogens is 2. The smallest absolute Gasteiger partial charge is 0.161 e. The van der Waals surface area contributed by atoms with Crippen molar-refractivity contribution >= 4 is 5.69 Å². The van der Waals surface area contributed by atoms with Crippen LogP contribution in [0.2, 0.25) is 0 Å². The number of nitrogens with zero attached hydrogens (tertiary/aromatic N) is 2. The van der Waals surface area contributed by atoms with Gasteiger partial charge in [-0.05, 0) is 31.5 Å². The summed E-state index contributed by atoms with van der Waals surface area (Å²) in [6.45, 7) is 6.37. The van der Waals surface area contributed by atoms with E-state index in [-0.39, 0.29) is 6.61 Å². The van der Waals surface area contributed by atoms with Crippen LogP contribution in [0.3, 0.4) is 0 Å². The minimum atomic E-state index is 0.0811. The second-order valence-corrected chi connectivity index (χ2v) is 4.72. The molecule has 0 aliphatic heterocycles. The van der Waals surface area contributed by atoms with Crippen molar-refractivity contribution in [1.82, 2.24) is 9.78 Å². The second kappa shape index (κ2) is 8.29. The zero-order valence-corrected chi connectivity index (χ0v) is 13.1. The van der Waals surface area contributed by atoms with Crippen molar-refractivity contribution < 1.29 is 14.6 Å². The molecule has 0 bridgehead atoms. The van der Waals surface area contributed by atoms with Gasteiger partial charge in [0.15, 0.2) is 11.5 Å². The first-order chi connectivity index (χ1) is 10.8. The molecule has 6 nitrogen and oxygen atoms in total. The van der Waals surface area contributed by atoms with Crippen LogP contribution in [0.5, 0.6) is 11.5 Å². The molecule has 0 aliphatic carbocycles. The summed E-state index contributed by atoms with van der Waals surface area (Å²) in [6, 6.07) is 5.93. The zero-order valence-electron chi connectivity index (χ0n) is 13.1. The van der Waals surface area contributed by atoms with E-state index >= 15 is 0 Å². The molecule has 6 heteroatoms. The summed E-state index contributed by atoms with van der Waals surface area (Å²) in [7, 11) is 0. The van der Waals surface area contributed by atoms with E-state index in [1.807, 2.05) is 38.2 Å². The Bertz CT molecular complexity index is 584. The SMILES string of the molecule is CCOc1ccc(CNc2cnn(CCO)c2)cc1OCC. The number of anilines is 1. The normalized spacial score (nSPS) is 10.5. The fourth-order valence-electron chi connectivity index (χ4n) is 2.09. The zero-order chi connectivity index (χ0) is 15.8. The van der Waals surface area contributed by atoms with Gasteiger partial charge in [-0.3, -0.25) is 4.68 Å². The quantitative estimate of drug-likeness (QED) is 0.744. The molecule has 0 spiro atoms. The highest BCUT2D eigenvalue weighted by molar-refractivity contribution is 5.45. The third-order valence-corrected chi connectivity index (χ3v) is 3.07. The fraction of sp³-hybridized carbons (Fsp3) is 0.438. The van der Waals surface area contributed by atoms with Crippen LogP contribution in [0.1, 0.15) is 19.4 Å². The first-order valence-electron chi connectivity index (χ1n) is 7.52. The number of aliphatic hydroxyl groups excluding tert-OH is 1. The topological polar surface area (TPSA) is 68.5 Å². The highest BCUT2D eigenvalue weighted by atomic mass is 16.5. The fourth-order valence-corrected chi connectivity index (χ4v) is 2.09. The first kappa shape index (κ1) is 16.2. The summed E-state index contributed by atoms with van der Waals surface area (Å²) in [6.07, 6.45) is 3.61. The van der Waals surface area contributed by atoms with E-state index in [1.165, 1.54) is 0 Å². The third-order valence-electron chi connectivity index (χ3n) is 3.07. The summed E-state index contributed by atoms with van der Waals surface area (Å²) >= 11 is 0. The number of hydrogen-bond donors (Lipinski definition) is 2. The lowest BCUT2D eigenvalue weighted by molar-refractivity contribution is 0.269. The summed E-state index contributed by atoms with van der Waals surface area (Å²) in [5.74, 6) is 1.53. The van der Waals surface area contributed by atoms with Gasteiger partial charge in [0.25, 0.3) is 0 Å². The Labute approximate surface area is 130 Å². The molecule has 0 atom stereocenters. The first-order valence-corrected chi connectivity index (χ1v) is 7.52. The lowest BCUT2D eigenvalue weighted by atomic mass is 10.2. The Morgan fingerprint density at radius 2 is 1.95 bits per heavy atom. The molecule has 22 heavy (non-hydrogen) atoms. The number of nitrogens with one attached hydrogen (secondary N) is 1. The van der Waals surface area contributed by atoms with E-state index in [0.29, 0.717) is 26.3 Å². The van der Waals surface area contributed by atoms with Gasteiger partial charge < -0.3 is 19.9 Å². The lowest BCUT2D eigenvalue weighted by Crippen LogP contribution is -2.03. The van der Waals surface area contributed by atoms with Crippen LogP contribution in [-0.2, 0) is 13.1 Å². The van der Waals surface area contributed by atoms with Gasteiger partial charge in [0.2, 0.25) is 0 Å². The van der Waals surface area contributed by atoms with Crippen molar-refractivity contribution in [3.05, 3.63) is 36.2 Å². The van der Waals surface area contributed by atoms with Crippen LogP contribution < -0.4 is 14.8 Å². The lowest BCUT2D eigenvalue weighted by Gasteiger charge is -2.12.